The molecule has 0 atom stereocenters. The van der Waals surface area contributed by atoms with Crippen LogP contribution in [-0.4, -0.2) is 43.3 Å². The zero-order valence-electron chi connectivity index (χ0n) is 10.7. The largest absolute Gasteiger partial charge is 0.424 e. The fraction of sp³-hybridized carbons (Fsp3) is 0.273. The van der Waals surface area contributed by atoms with E-state index in [9.17, 15) is 18.0 Å². The monoisotopic (exact) mass is 362 g/mol. The number of sulfonamides is 1. The van der Waals surface area contributed by atoms with Crippen LogP contribution in [0.2, 0.25) is 0 Å². The summed E-state index contributed by atoms with van der Waals surface area (Å²) >= 11 is 2.96. The maximum atomic E-state index is 11.2. The molecule has 0 bridgehead atoms. The maximum absolute atomic E-state index is 11.2. The van der Waals surface area contributed by atoms with Crippen LogP contribution in [0.1, 0.15) is 6.92 Å². The molecule has 0 heterocycles. The number of carbonyl (C=O) groups is 2. The lowest BCUT2D eigenvalue weighted by molar-refractivity contribution is -0.136. The van der Waals surface area contributed by atoms with E-state index in [1.165, 1.54) is 18.2 Å². The Labute approximate surface area is 124 Å². The molecule has 0 aromatic rings. The Kier molecular flexibility index (Phi) is 5.52. The zero-order valence-corrected chi connectivity index (χ0v) is 13.1. The van der Waals surface area contributed by atoms with Crippen LogP contribution in [-0.2, 0) is 24.3 Å². The van der Waals surface area contributed by atoms with Crippen LogP contribution in [0.15, 0.2) is 33.4 Å². The van der Waals surface area contributed by atoms with E-state index in [4.69, 9.17) is 4.74 Å². The van der Waals surface area contributed by atoms with E-state index >= 15 is 0 Å². The Balaban J connectivity index is 3.22. The van der Waals surface area contributed by atoms with Gasteiger partial charge in [-0.2, -0.15) is 4.40 Å². The molecule has 108 valence electrons. The number of nitrogens with zero attached hydrogens (tertiary/aromatic N) is 2. The molecule has 9 heteroatoms. The summed E-state index contributed by atoms with van der Waals surface area (Å²) in [6.45, 7) is 1.16. The minimum absolute atomic E-state index is 0.0343. The van der Waals surface area contributed by atoms with Gasteiger partial charge in [-0.05, 0) is 12.2 Å². The van der Waals surface area contributed by atoms with Gasteiger partial charge >= 0.3 is 5.97 Å². The van der Waals surface area contributed by atoms with Crippen LogP contribution in [0, 0.1) is 0 Å². The summed E-state index contributed by atoms with van der Waals surface area (Å²) in [5, 5.41) is 0.0470. The standard InChI is InChI=1S/C11H11BrN2O5S/c1-7(15)19-10-5-8(13-11(16)6-12)3-4-9(10)14-20(2,17)18/h3-5H,6H2,1-2H3/b13-8?,14-9-. The van der Waals surface area contributed by atoms with Gasteiger partial charge < -0.3 is 4.74 Å². The molecule has 0 saturated heterocycles. The molecule has 0 aromatic heterocycles. The van der Waals surface area contributed by atoms with Crippen molar-refractivity contribution in [3.8, 4) is 0 Å². The molecular formula is C11H11BrN2O5S. The minimum Gasteiger partial charge on any atom is -0.424 e. The van der Waals surface area contributed by atoms with Gasteiger partial charge in [0.1, 0.15) is 5.71 Å². The first-order valence-corrected chi connectivity index (χ1v) is 8.24. The van der Waals surface area contributed by atoms with Crippen molar-refractivity contribution in [3.05, 3.63) is 24.0 Å². The highest BCUT2D eigenvalue weighted by atomic mass is 79.9. The number of halogens is 1. The second-order valence-electron chi connectivity index (χ2n) is 3.71. The predicted molar refractivity (Wildman–Crippen MR) is 77.5 cm³/mol. The van der Waals surface area contributed by atoms with Crippen LogP contribution in [0.3, 0.4) is 0 Å². The van der Waals surface area contributed by atoms with Gasteiger partial charge in [-0.3, -0.25) is 9.59 Å². The third kappa shape index (κ3) is 5.57. The van der Waals surface area contributed by atoms with Crippen LogP contribution >= 0.6 is 15.9 Å². The number of amides is 1. The van der Waals surface area contributed by atoms with Crippen LogP contribution < -0.4 is 0 Å². The maximum Gasteiger partial charge on any atom is 0.308 e. The zero-order chi connectivity index (χ0) is 15.3. The average Bonchev–Trinajstić information content (AvgIpc) is 2.30. The van der Waals surface area contributed by atoms with E-state index in [1.807, 2.05) is 0 Å². The number of aliphatic imine (C=N–C) groups is 1. The summed E-state index contributed by atoms with van der Waals surface area (Å²) in [5.41, 5.74) is 0.200. The van der Waals surface area contributed by atoms with Crippen LogP contribution in [0.5, 0.6) is 0 Å². The molecule has 0 spiro atoms. The van der Waals surface area contributed by atoms with Crippen molar-refractivity contribution in [2.24, 2.45) is 9.39 Å². The third-order valence-corrected chi connectivity index (χ3v) is 2.84. The first-order valence-electron chi connectivity index (χ1n) is 5.27. The van der Waals surface area contributed by atoms with Gasteiger partial charge in [-0.15, -0.1) is 0 Å². The number of hydrogen-bond donors (Lipinski definition) is 0. The Hall–Kier alpha value is -1.61. The molecule has 0 saturated carbocycles. The number of esters is 1. The van der Waals surface area contributed by atoms with Gasteiger partial charge in [0.25, 0.3) is 15.9 Å². The first kappa shape index (κ1) is 16.4. The lowest BCUT2D eigenvalue weighted by atomic mass is 10.1. The fourth-order valence-corrected chi connectivity index (χ4v) is 1.87. The topological polar surface area (TPSA) is 102 Å². The van der Waals surface area contributed by atoms with Gasteiger partial charge in [-0.25, -0.2) is 13.4 Å². The highest BCUT2D eigenvalue weighted by Crippen LogP contribution is 2.12. The molecule has 0 aliphatic heterocycles. The summed E-state index contributed by atoms with van der Waals surface area (Å²) in [4.78, 5) is 25.9. The van der Waals surface area contributed by atoms with Gasteiger partial charge in [0, 0.05) is 13.0 Å². The molecule has 7 nitrogen and oxygen atoms in total. The molecule has 1 aliphatic rings. The molecule has 0 unspecified atom stereocenters. The second-order valence-corrected chi connectivity index (χ2v) is 5.92. The second kappa shape index (κ2) is 6.71. The average molecular weight is 363 g/mol. The van der Waals surface area contributed by atoms with Gasteiger partial charge in [0.05, 0.1) is 17.3 Å². The fourth-order valence-electron chi connectivity index (χ4n) is 1.24. The molecular weight excluding hydrogens is 352 g/mol. The number of rotatable bonds is 3. The number of ether oxygens (including phenoxy) is 1. The SMILES string of the molecule is CC(=O)OC1=CC(=NC(=O)CBr)C=C/C1=N/S(C)(=O)=O. The van der Waals surface area contributed by atoms with E-state index in [0.29, 0.717) is 0 Å². The quantitative estimate of drug-likeness (QED) is 0.419. The van der Waals surface area contributed by atoms with Crippen molar-refractivity contribution < 1.29 is 22.7 Å². The summed E-state index contributed by atoms with van der Waals surface area (Å²) < 4.78 is 30.6. The molecule has 1 amide bonds. The third-order valence-electron chi connectivity index (χ3n) is 1.83. The highest BCUT2D eigenvalue weighted by molar-refractivity contribution is 9.09. The number of hydrogen-bond acceptors (Lipinski definition) is 5. The lowest BCUT2D eigenvalue weighted by Crippen LogP contribution is -2.16. The predicted octanol–water partition coefficient (Wildman–Crippen LogP) is 0.766. The van der Waals surface area contributed by atoms with Crippen molar-refractivity contribution in [3.63, 3.8) is 0 Å². The Morgan fingerprint density at radius 3 is 2.50 bits per heavy atom. The van der Waals surface area contributed by atoms with E-state index in [0.717, 1.165) is 13.2 Å². The summed E-state index contributed by atoms with van der Waals surface area (Å²) in [6.07, 6.45) is 4.89. The minimum atomic E-state index is -3.65. The van der Waals surface area contributed by atoms with E-state index < -0.39 is 21.9 Å². The molecule has 0 fully saturated rings. The number of carbonyl (C=O) groups excluding carboxylic acids is 2. The van der Waals surface area contributed by atoms with Crippen molar-refractivity contribution in [1.29, 1.82) is 0 Å². The van der Waals surface area contributed by atoms with Gasteiger partial charge in [-0.1, -0.05) is 15.9 Å². The Morgan fingerprint density at radius 1 is 1.35 bits per heavy atom. The van der Waals surface area contributed by atoms with Crippen LogP contribution in [0.25, 0.3) is 0 Å². The summed E-state index contributed by atoms with van der Waals surface area (Å²) in [6, 6.07) is 0. The molecule has 1 aliphatic carbocycles. The molecule has 20 heavy (non-hydrogen) atoms. The van der Waals surface area contributed by atoms with Crippen molar-refractivity contribution in [2.75, 3.05) is 11.6 Å². The molecule has 0 radical (unpaired) electrons. The Bertz CT molecular complexity index is 658. The molecule has 0 N–H and O–H groups in total. The summed E-state index contributed by atoms with van der Waals surface area (Å²) in [7, 11) is -3.65. The lowest BCUT2D eigenvalue weighted by Gasteiger charge is -2.10. The highest BCUT2D eigenvalue weighted by Gasteiger charge is 2.16. The van der Waals surface area contributed by atoms with Crippen molar-refractivity contribution in [1.82, 2.24) is 0 Å². The first-order chi connectivity index (χ1) is 9.21. The normalized spacial score (nSPS) is 19.1. The molecule has 1 rings (SSSR count). The molecule has 0 aromatic carbocycles. The summed E-state index contributed by atoms with van der Waals surface area (Å²) in [5.74, 6) is -1.14. The van der Waals surface area contributed by atoms with Crippen molar-refractivity contribution in [2.45, 2.75) is 6.92 Å². The van der Waals surface area contributed by atoms with Gasteiger partial charge in [0.2, 0.25) is 0 Å². The van der Waals surface area contributed by atoms with E-state index in [-0.39, 0.29) is 22.5 Å². The number of alkyl halides is 1. The number of allylic oxidation sites excluding steroid dienone is 3. The van der Waals surface area contributed by atoms with E-state index in [2.05, 4.69) is 25.3 Å². The van der Waals surface area contributed by atoms with E-state index in [1.54, 1.807) is 0 Å². The van der Waals surface area contributed by atoms with Crippen molar-refractivity contribution >= 4 is 49.3 Å². The van der Waals surface area contributed by atoms with Crippen LogP contribution in [0.4, 0.5) is 0 Å². The smallest absolute Gasteiger partial charge is 0.308 e. The Morgan fingerprint density at radius 2 is 2.00 bits per heavy atom. The van der Waals surface area contributed by atoms with Gasteiger partial charge in [0.15, 0.2) is 5.76 Å².